The molecule has 4 rings (SSSR count). The summed E-state index contributed by atoms with van der Waals surface area (Å²) in [6.07, 6.45) is 2.19. The van der Waals surface area contributed by atoms with Crippen molar-refractivity contribution in [2.45, 2.75) is 6.42 Å². The van der Waals surface area contributed by atoms with Crippen LogP contribution in [0.15, 0.2) is 47.1 Å². The van der Waals surface area contributed by atoms with E-state index in [4.69, 9.17) is 9.15 Å². The number of hydrogen-bond acceptors (Lipinski definition) is 8. The minimum absolute atomic E-state index is 0.0292. The number of ether oxygens (including phenoxy) is 1. The lowest BCUT2D eigenvalue weighted by Crippen LogP contribution is -2.49. The molecule has 0 N–H and O–H groups in total. The quantitative estimate of drug-likeness (QED) is 0.291. The lowest BCUT2D eigenvalue weighted by atomic mass is 10.1. The van der Waals surface area contributed by atoms with Crippen molar-refractivity contribution >= 4 is 28.2 Å². The third-order valence-corrected chi connectivity index (χ3v) is 5.59. The van der Waals surface area contributed by atoms with Crippen LogP contribution in [-0.2, 0) is 0 Å². The van der Waals surface area contributed by atoms with Crippen molar-refractivity contribution < 1.29 is 18.9 Å². The van der Waals surface area contributed by atoms with Crippen LogP contribution in [0, 0.1) is 10.1 Å². The second-order valence-electron chi connectivity index (χ2n) is 8.15. The van der Waals surface area contributed by atoms with E-state index in [-0.39, 0.29) is 23.2 Å². The fraction of sp³-hybridized carbons (Fsp3) is 0.391. The van der Waals surface area contributed by atoms with Crippen molar-refractivity contribution in [3.63, 3.8) is 0 Å². The number of carbonyl (C=O) groups is 1. The smallest absolute Gasteiger partial charge is 0.354 e. The van der Waals surface area contributed by atoms with Gasteiger partial charge >= 0.3 is 5.69 Å². The van der Waals surface area contributed by atoms with Gasteiger partial charge in [-0.25, -0.2) is 4.98 Å². The zero-order valence-electron chi connectivity index (χ0n) is 18.8. The van der Waals surface area contributed by atoms with Crippen LogP contribution in [-0.4, -0.2) is 79.0 Å². The summed E-state index contributed by atoms with van der Waals surface area (Å²) >= 11 is 0. The maximum absolute atomic E-state index is 12.6. The second kappa shape index (κ2) is 9.86. The number of nitrogens with zero attached hydrogens (tertiary/aromatic N) is 5. The van der Waals surface area contributed by atoms with Gasteiger partial charge in [0.25, 0.3) is 11.8 Å². The number of amides is 1. The molecule has 1 amide bonds. The van der Waals surface area contributed by atoms with E-state index in [0.717, 1.165) is 13.0 Å². The van der Waals surface area contributed by atoms with Crippen LogP contribution in [0.1, 0.15) is 17.0 Å². The van der Waals surface area contributed by atoms with E-state index in [1.807, 2.05) is 48.2 Å². The van der Waals surface area contributed by atoms with Crippen LogP contribution in [0.3, 0.4) is 0 Å². The molecule has 2 aromatic heterocycles. The highest BCUT2D eigenvalue weighted by atomic mass is 16.6. The normalized spacial score (nSPS) is 14.2. The summed E-state index contributed by atoms with van der Waals surface area (Å²) < 4.78 is 11.0. The maximum atomic E-state index is 12.6. The standard InChI is InChI=1S/C23H27N5O5/c1-25(2)10-6-16-33-22-21(28(30)31)20(17-7-3-4-8-18(17)24-22)26-11-13-27(14-12-26)23(29)19-9-5-15-32-19/h3-5,7-9,15H,6,10-14,16H2,1-2H3. The summed E-state index contributed by atoms with van der Waals surface area (Å²) in [5.74, 6) is 0.136. The number of pyridine rings is 1. The molecule has 3 aromatic rings. The lowest BCUT2D eigenvalue weighted by Gasteiger charge is -2.36. The van der Waals surface area contributed by atoms with Gasteiger partial charge in [0.2, 0.25) is 0 Å². The van der Waals surface area contributed by atoms with E-state index < -0.39 is 4.92 Å². The van der Waals surface area contributed by atoms with Gasteiger partial charge in [-0.1, -0.05) is 18.2 Å². The SMILES string of the molecule is CN(C)CCCOc1nc2ccccc2c(N2CCN(C(=O)c3ccco3)CC2)c1[N+](=O)[O-]. The highest BCUT2D eigenvalue weighted by Crippen LogP contribution is 2.42. The zero-order chi connectivity index (χ0) is 23.4. The molecule has 0 saturated carbocycles. The lowest BCUT2D eigenvalue weighted by molar-refractivity contribution is -0.385. The van der Waals surface area contributed by atoms with Crippen molar-refractivity contribution in [3.8, 4) is 5.88 Å². The van der Waals surface area contributed by atoms with Gasteiger partial charge in [-0.3, -0.25) is 14.9 Å². The molecule has 1 aliphatic rings. The van der Waals surface area contributed by atoms with E-state index in [2.05, 4.69) is 4.98 Å². The van der Waals surface area contributed by atoms with Gasteiger partial charge in [0.15, 0.2) is 5.76 Å². The molecule has 1 fully saturated rings. The zero-order valence-corrected chi connectivity index (χ0v) is 18.8. The summed E-state index contributed by atoms with van der Waals surface area (Å²) in [5, 5.41) is 12.9. The Morgan fingerprint density at radius 1 is 1.18 bits per heavy atom. The molecule has 0 bridgehead atoms. The Bertz CT molecular complexity index is 1120. The Morgan fingerprint density at radius 3 is 2.61 bits per heavy atom. The number of hydrogen-bond donors (Lipinski definition) is 0. The van der Waals surface area contributed by atoms with E-state index in [9.17, 15) is 14.9 Å². The minimum Gasteiger partial charge on any atom is -0.473 e. The number of nitro groups is 1. The molecule has 0 unspecified atom stereocenters. The van der Waals surface area contributed by atoms with Gasteiger partial charge < -0.3 is 23.9 Å². The fourth-order valence-electron chi connectivity index (χ4n) is 3.99. The third-order valence-electron chi connectivity index (χ3n) is 5.59. The van der Waals surface area contributed by atoms with Crippen LogP contribution >= 0.6 is 0 Å². The molecule has 10 heteroatoms. The number of aromatic nitrogens is 1. The topological polar surface area (TPSA) is 105 Å². The number of furan rings is 1. The molecule has 0 atom stereocenters. The molecule has 10 nitrogen and oxygen atoms in total. The van der Waals surface area contributed by atoms with Gasteiger partial charge in [0, 0.05) is 38.1 Å². The van der Waals surface area contributed by atoms with Gasteiger partial charge in [-0.15, -0.1) is 0 Å². The first-order chi connectivity index (χ1) is 16.0. The number of fused-ring (bicyclic) bond motifs is 1. The van der Waals surface area contributed by atoms with Crippen LogP contribution in [0.25, 0.3) is 10.9 Å². The molecule has 1 saturated heterocycles. The number of piperazine rings is 1. The highest BCUT2D eigenvalue weighted by Gasteiger charge is 2.33. The van der Waals surface area contributed by atoms with Gasteiger partial charge in [0.1, 0.15) is 5.69 Å². The first-order valence-electron chi connectivity index (χ1n) is 10.9. The maximum Gasteiger partial charge on any atom is 0.354 e. The summed E-state index contributed by atoms with van der Waals surface area (Å²) in [6, 6.07) is 10.7. The van der Waals surface area contributed by atoms with E-state index in [1.54, 1.807) is 17.0 Å². The van der Waals surface area contributed by atoms with E-state index in [0.29, 0.717) is 49.4 Å². The Labute approximate surface area is 191 Å². The van der Waals surface area contributed by atoms with Crippen LogP contribution in [0.5, 0.6) is 5.88 Å². The van der Waals surface area contributed by atoms with Crippen LogP contribution in [0.2, 0.25) is 0 Å². The Kier molecular flexibility index (Phi) is 6.74. The first kappa shape index (κ1) is 22.5. The van der Waals surface area contributed by atoms with Gasteiger partial charge in [-0.2, -0.15) is 0 Å². The van der Waals surface area contributed by atoms with Gasteiger partial charge in [0.05, 0.1) is 23.3 Å². The largest absolute Gasteiger partial charge is 0.473 e. The minimum atomic E-state index is -0.420. The van der Waals surface area contributed by atoms with E-state index in [1.165, 1.54) is 6.26 Å². The number of para-hydroxylation sites is 1. The molecule has 1 aromatic carbocycles. The van der Waals surface area contributed by atoms with Crippen LogP contribution < -0.4 is 9.64 Å². The molecular weight excluding hydrogens is 426 g/mol. The Morgan fingerprint density at radius 2 is 1.94 bits per heavy atom. The summed E-state index contributed by atoms with van der Waals surface area (Å²) in [6.45, 7) is 2.87. The fourth-order valence-corrected chi connectivity index (χ4v) is 3.99. The Balaban J connectivity index is 1.62. The molecular formula is C23H27N5O5. The first-order valence-corrected chi connectivity index (χ1v) is 10.9. The number of carbonyl (C=O) groups excluding carboxylic acids is 1. The van der Waals surface area contributed by atoms with Crippen LogP contribution in [0.4, 0.5) is 11.4 Å². The average molecular weight is 453 g/mol. The van der Waals surface area contributed by atoms with Crippen molar-refractivity contribution in [1.82, 2.24) is 14.8 Å². The summed E-state index contributed by atoms with van der Waals surface area (Å²) in [4.78, 5) is 34.5. The molecule has 0 spiro atoms. The third kappa shape index (κ3) is 4.90. The van der Waals surface area contributed by atoms with Crippen molar-refractivity contribution in [1.29, 1.82) is 0 Å². The monoisotopic (exact) mass is 453 g/mol. The summed E-state index contributed by atoms with van der Waals surface area (Å²) in [7, 11) is 3.93. The molecule has 174 valence electrons. The molecule has 0 radical (unpaired) electrons. The molecule has 3 heterocycles. The van der Waals surface area contributed by atoms with E-state index >= 15 is 0 Å². The van der Waals surface area contributed by atoms with Gasteiger partial charge in [-0.05, 0) is 38.7 Å². The molecule has 1 aliphatic heterocycles. The molecule has 33 heavy (non-hydrogen) atoms. The predicted molar refractivity (Wildman–Crippen MR) is 124 cm³/mol. The van der Waals surface area contributed by atoms with Crippen molar-refractivity contribution in [2.75, 3.05) is 58.3 Å². The Hall–Kier alpha value is -3.66. The van der Waals surface area contributed by atoms with Crippen molar-refractivity contribution in [3.05, 3.63) is 58.5 Å². The number of anilines is 1. The number of rotatable bonds is 8. The number of benzene rings is 1. The van der Waals surface area contributed by atoms with Crippen molar-refractivity contribution in [2.24, 2.45) is 0 Å². The predicted octanol–water partition coefficient (Wildman–Crippen LogP) is 3.03. The molecule has 0 aliphatic carbocycles. The average Bonchev–Trinajstić information content (AvgIpc) is 3.35. The summed E-state index contributed by atoms with van der Waals surface area (Å²) in [5.41, 5.74) is 0.984. The second-order valence-corrected chi connectivity index (χ2v) is 8.15. The highest BCUT2D eigenvalue weighted by molar-refractivity contribution is 5.98.